The van der Waals surface area contributed by atoms with E-state index in [2.05, 4.69) is 32.9 Å². The number of hydrogen-bond acceptors (Lipinski definition) is 2. The van der Waals surface area contributed by atoms with Crippen LogP contribution in [0.2, 0.25) is 0 Å². The lowest BCUT2D eigenvalue weighted by atomic mass is 9.87. The van der Waals surface area contributed by atoms with E-state index in [9.17, 15) is 4.79 Å². The molecule has 0 aromatic heterocycles. The number of carbonyl (C=O) groups is 1. The molecule has 3 heteroatoms. The fraction of sp³-hybridized carbons (Fsp3) is 0.462. The Morgan fingerprint density at radius 2 is 1.81 bits per heavy atom. The van der Waals surface area contributed by atoms with Crippen molar-refractivity contribution < 1.29 is 4.79 Å². The molecule has 1 saturated heterocycles. The lowest BCUT2D eigenvalue weighted by Gasteiger charge is -2.21. The molecule has 0 spiro atoms. The quantitative estimate of drug-likeness (QED) is 0.745. The zero-order valence-corrected chi connectivity index (χ0v) is 10.8. The van der Waals surface area contributed by atoms with Crippen LogP contribution in [0.25, 0.3) is 0 Å². The predicted octanol–water partition coefficient (Wildman–Crippen LogP) is 3.02. The SMILES string of the molecule is CC(C)(C)c1ccc(N2CSCC2=O)cc1. The number of rotatable bonds is 1. The van der Waals surface area contributed by atoms with E-state index < -0.39 is 0 Å². The maximum atomic E-state index is 11.6. The van der Waals surface area contributed by atoms with Crippen LogP contribution in [0.5, 0.6) is 0 Å². The smallest absolute Gasteiger partial charge is 0.237 e. The summed E-state index contributed by atoms with van der Waals surface area (Å²) in [6, 6.07) is 8.33. The van der Waals surface area contributed by atoms with E-state index in [0.29, 0.717) is 5.75 Å². The summed E-state index contributed by atoms with van der Waals surface area (Å²) in [5, 5.41) is 0. The van der Waals surface area contributed by atoms with Crippen LogP contribution >= 0.6 is 11.8 Å². The van der Waals surface area contributed by atoms with Crippen LogP contribution in [0.15, 0.2) is 24.3 Å². The molecule has 0 aliphatic carbocycles. The Morgan fingerprint density at radius 3 is 2.25 bits per heavy atom. The van der Waals surface area contributed by atoms with Crippen LogP contribution in [0.4, 0.5) is 5.69 Å². The summed E-state index contributed by atoms with van der Waals surface area (Å²) in [6.45, 7) is 6.58. The van der Waals surface area contributed by atoms with Crippen LogP contribution in [-0.4, -0.2) is 17.5 Å². The second-order valence-corrected chi connectivity index (χ2v) is 6.05. The molecule has 0 N–H and O–H groups in total. The molecule has 1 aromatic carbocycles. The molecule has 2 rings (SSSR count). The van der Waals surface area contributed by atoms with E-state index in [0.717, 1.165) is 11.6 Å². The van der Waals surface area contributed by atoms with Crippen molar-refractivity contribution in [1.82, 2.24) is 0 Å². The number of amides is 1. The number of anilines is 1. The van der Waals surface area contributed by atoms with E-state index in [1.54, 1.807) is 11.8 Å². The minimum atomic E-state index is 0.169. The molecule has 2 nitrogen and oxygen atoms in total. The average molecular weight is 235 g/mol. The van der Waals surface area contributed by atoms with Crippen molar-refractivity contribution in [3.63, 3.8) is 0 Å². The van der Waals surface area contributed by atoms with Gasteiger partial charge >= 0.3 is 0 Å². The highest BCUT2D eigenvalue weighted by molar-refractivity contribution is 8.00. The van der Waals surface area contributed by atoms with Gasteiger partial charge in [-0.2, -0.15) is 0 Å². The molecule has 1 amide bonds. The first-order valence-electron chi connectivity index (χ1n) is 5.47. The summed E-state index contributed by atoms with van der Waals surface area (Å²) in [5.74, 6) is 1.61. The third-order valence-electron chi connectivity index (χ3n) is 2.79. The molecule has 86 valence electrons. The largest absolute Gasteiger partial charge is 0.302 e. The lowest BCUT2D eigenvalue weighted by Crippen LogP contribution is -2.24. The summed E-state index contributed by atoms with van der Waals surface area (Å²) in [4.78, 5) is 13.4. The molecule has 0 unspecified atom stereocenters. The van der Waals surface area contributed by atoms with Gasteiger partial charge in [0.1, 0.15) is 0 Å². The van der Waals surface area contributed by atoms with Crippen molar-refractivity contribution >= 4 is 23.4 Å². The number of thioether (sulfide) groups is 1. The van der Waals surface area contributed by atoms with Gasteiger partial charge in [-0.15, -0.1) is 11.8 Å². The Labute approximate surface area is 101 Å². The Bertz CT molecular complexity index is 391. The van der Waals surface area contributed by atoms with Gasteiger partial charge in [0.15, 0.2) is 0 Å². The Hall–Kier alpha value is -0.960. The van der Waals surface area contributed by atoms with Gasteiger partial charge in [0.05, 0.1) is 11.6 Å². The molecule has 16 heavy (non-hydrogen) atoms. The van der Waals surface area contributed by atoms with Crippen LogP contribution in [-0.2, 0) is 10.2 Å². The normalized spacial score (nSPS) is 16.9. The van der Waals surface area contributed by atoms with Crippen molar-refractivity contribution in [2.24, 2.45) is 0 Å². The molecule has 1 heterocycles. The van der Waals surface area contributed by atoms with E-state index in [1.807, 2.05) is 17.0 Å². The summed E-state index contributed by atoms with van der Waals surface area (Å²) in [7, 11) is 0. The first-order chi connectivity index (χ1) is 7.48. The van der Waals surface area contributed by atoms with Gasteiger partial charge in [0.25, 0.3) is 0 Å². The molecule has 1 aromatic rings. The van der Waals surface area contributed by atoms with Crippen molar-refractivity contribution in [1.29, 1.82) is 0 Å². The third kappa shape index (κ3) is 2.24. The Balaban J connectivity index is 2.22. The van der Waals surface area contributed by atoms with Gasteiger partial charge in [-0.25, -0.2) is 0 Å². The van der Waals surface area contributed by atoms with E-state index >= 15 is 0 Å². The minimum absolute atomic E-state index is 0.169. The second-order valence-electron chi connectivity index (χ2n) is 5.10. The van der Waals surface area contributed by atoms with Crippen molar-refractivity contribution in [3.05, 3.63) is 29.8 Å². The van der Waals surface area contributed by atoms with Crippen molar-refractivity contribution in [2.45, 2.75) is 26.2 Å². The average Bonchev–Trinajstić information content (AvgIpc) is 2.63. The molecular formula is C13H17NOS. The molecule has 1 fully saturated rings. The standard InChI is InChI=1S/C13H17NOS/c1-13(2,3)10-4-6-11(7-5-10)14-9-16-8-12(14)15/h4-7H,8-9H2,1-3H3. The predicted molar refractivity (Wildman–Crippen MR) is 70.0 cm³/mol. The first kappa shape index (κ1) is 11.5. The Kier molecular flexibility index (Phi) is 2.98. The maximum absolute atomic E-state index is 11.6. The molecule has 0 bridgehead atoms. The molecular weight excluding hydrogens is 218 g/mol. The highest BCUT2D eigenvalue weighted by atomic mass is 32.2. The maximum Gasteiger partial charge on any atom is 0.237 e. The minimum Gasteiger partial charge on any atom is -0.302 e. The van der Waals surface area contributed by atoms with Crippen LogP contribution < -0.4 is 4.90 Å². The summed E-state index contributed by atoms with van der Waals surface area (Å²) >= 11 is 1.67. The monoisotopic (exact) mass is 235 g/mol. The highest BCUT2D eigenvalue weighted by Gasteiger charge is 2.22. The molecule has 0 atom stereocenters. The molecule has 1 aliphatic rings. The van der Waals surface area contributed by atoms with E-state index in [-0.39, 0.29) is 11.3 Å². The summed E-state index contributed by atoms with van der Waals surface area (Å²) < 4.78 is 0. The van der Waals surface area contributed by atoms with Gasteiger partial charge in [-0.1, -0.05) is 32.9 Å². The molecule has 0 saturated carbocycles. The fourth-order valence-electron chi connectivity index (χ4n) is 1.73. The van der Waals surface area contributed by atoms with Gasteiger partial charge in [-0.3, -0.25) is 4.79 Å². The number of benzene rings is 1. The topological polar surface area (TPSA) is 20.3 Å². The van der Waals surface area contributed by atoms with Gasteiger partial charge in [0.2, 0.25) is 5.91 Å². The van der Waals surface area contributed by atoms with Gasteiger partial charge in [-0.05, 0) is 23.1 Å². The van der Waals surface area contributed by atoms with Gasteiger partial charge in [0, 0.05) is 5.69 Å². The number of nitrogens with zero attached hydrogens (tertiary/aromatic N) is 1. The summed E-state index contributed by atoms with van der Waals surface area (Å²) in [5.41, 5.74) is 2.49. The summed E-state index contributed by atoms with van der Waals surface area (Å²) in [6.07, 6.45) is 0. The van der Waals surface area contributed by atoms with Crippen molar-refractivity contribution in [2.75, 3.05) is 16.5 Å². The van der Waals surface area contributed by atoms with Crippen molar-refractivity contribution in [3.8, 4) is 0 Å². The highest BCUT2D eigenvalue weighted by Crippen LogP contribution is 2.27. The van der Waals surface area contributed by atoms with E-state index in [4.69, 9.17) is 0 Å². The third-order valence-corrected chi connectivity index (χ3v) is 3.68. The first-order valence-corrected chi connectivity index (χ1v) is 6.62. The second kappa shape index (κ2) is 4.13. The molecule has 0 radical (unpaired) electrons. The fourth-order valence-corrected chi connectivity index (χ4v) is 2.63. The van der Waals surface area contributed by atoms with E-state index in [1.165, 1.54) is 5.56 Å². The molecule has 1 aliphatic heterocycles. The zero-order valence-electron chi connectivity index (χ0n) is 9.99. The van der Waals surface area contributed by atoms with Crippen LogP contribution in [0.1, 0.15) is 26.3 Å². The number of hydrogen-bond donors (Lipinski definition) is 0. The van der Waals surface area contributed by atoms with Crippen LogP contribution in [0, 0.1) is 0 Å². The zero-order chi connectivity index (χ0) is 11.8. The Morgan fingerprint density at radius 1 is 1.19 bits per heavy atom. The van der Waals surface area contributed by atoms with Crippen LogP contribution in [0.3, 0.4) is 0 Å². The lowest BCUT2D eigenvalue weighted by molar-refractivity contribution is -0.115. The van der Waals surface area contributed by atoms with Gasteiger partial charge < -0.3 is 4.90 Å². The number of carbonyl (C=O) groups excluding carboxylic acids is 1.